The largest absolute Gasteiger partial charge is 0.453 e. The molecule has 0 aliphatic heterocycles. The van der Waals surface area contributed by atoms with E-state index in [1.54, 1.807) is 12.2 Å². The van der Waals surface area contributed by atoms with Crippen LogP contribution in [0.25, 0.3) is 5.65 Å². The number of hydrogen-bond acceptors (Lipinski definition) is 4. The smallest absolute Gasteiger partial charge is 0.362 e. The molecule has 0 fully saturated rings. The molecule has 0 spiro atoms. The standard InChI is InChI=1S/C14H13BrF3N5/c1-4-10(7-8(2)15)9(3)19-11-5-6-12-20-21-13(14(16,17)18)23(12)22-11/h4-7,9H,1-2H2,3H3,(H,19,22)/b10-7+. The highest BCUT2D eigenvalue weighted by Gasteiger charge is 2.37. The maximum Gasteiger partial charge on any atom is 0.453 e. The number of aromatic nitrogens is 4. The van der Waals surface area contributed by atoms with Crippen LogP contribution >= 0.6 is 15.9 Å². The van der Waals surface area contributed by atoms with Gasteiger partial charge in [0.15, 0.2) is 5.65 Å². The molecular weight excluding hydrogens is 375 g/mol. The third kappa shape index (κ3) is 3.98. The Balaban J connectivity index is 2.34. The molecule has 2 aromatic heterocycles. The van der Waals surface area contributed by atoms with Crippen molar-refractivity contribution in [1.82, 2.24) is 19.8 Å². The van der Waals surface area contributed by atoms with Crippen molar-refractivity contribution in [1.29, 1.82) is 0 Å². The Labute approximate surface area is 138 Å². The van der Waals surface area contributed by atoms with Gasteiger partial charge in [-0.3, -0.25) is 0 Å². The lowest BCUT2D eigenvalue weighted by Crippen LogP contribution is -2.19. The summed E-state index contributed by atoms with van der Waals surface area (Å²) in [4.78, 5) is 0. The van der Waals surface area contributed by atoms with E-state index in [1.165, 1.54) is 12.1 Å². The molecule has 0 aromatic carbocycles. The van der Waals surface area contributed by atoms with E-state index in [-0.39, 0.29) is 17.5 Å². The molecule has 5 nitrogen and oxygen atoms in total. The van der Waals surface area contributed by atoms with Crippen molar-refractivity contribution >= 4 is 27.4 Å². The summed E-state index contributed by atoms with van der Waals surface area (Å²) < 4.78 is 39.9. The van der Waals surface area contributed by atoms with E-state index in [0.29, 0.717) is 9.00 Å². The summed E-state index contributed by atoms with van der Waals surface area (Å²) in [6, 6.07) is 2.70. The van der Waals surface area contributed by atoms with Gasteiger partial charge < -0.3 is 5.32 Å². The Bertz CT molecular complexity index is 778. The number of nitrogens with one attached hydrogen (secondary N) is 1. The summed E-state index contributed by atoms with van der Waals surface area (Å²) in [7, 11) is 0. The lowest BCUT2D eigenvalue weighted by atomic mass is 10.1. The summed E-state index contributed by atoms with van der Waals surface area (Å²) in [6.45, 7) is 9.23. The second kappa shape index (κ2) is 6.53. The van der Waals surface area contributed by atoms with E-state index in [9.17, 15) is 13.2 Å². The predicted molar refractivity (Wildman–Crippen MR) is 85.2 cm³/mol. The van der Waals surface area contributed by atoms with Crippen molar-refractivity contribution in [3.63, 3.8) is 0 Å². The molecule has 0 saturated carbocycles. The summed E-state index contributed by atoms with van der Waals surface area (Å²) in [6.07, 6.45) is -1.25. The van der Waals surface area contributed by atoms with Gasteiger partial charge in [-0.2, -0.15) is 17.7 Å². The molecule has 122 valence electrons. The molecule has 0 radical (unpaired) electrons. The number of halogens is 4. The molecule has 23 heavy (non-hydrogen) atoms. The number of fused-ring (bicyclic) bond motifs is 1. The molecule has 0 bridgehead atoms. The predicted octanol–water partition coefficient (Wildman–Crippen LogP) is 3.96. The second-order valence-electron chi connectivity index (χ2n) is 4.67. The van der Waals surface area contributed by atoms with Crippen molar-refractivity contribution in [2.75, 3.05) is 5.32 Å². The minimum atomic E-state index is -4.63. The number of alkyl halides is 3. The van der Waals surface area contributed by atoms with Crippen LogP contribution in [-0.4, -0.2) is 25.9 Å². The van der Waals surface area contributed by atoms with Gasteiger partial charge in [0.2, 0.25) is 0 Å². The molecule has 1 atom stereocenters. The molecule has 0 amide bonds. The SMILES string of the molecule is C=C/C(=C\C(=C)Br)C(C)Nc1ccc2nnc(C(F)(F)F)n2n1. The van der Waals surface area contributed by atoms with Crippen molar-refractivity contribution in [2.45, 2.75) is 19.1 Å². The van der Waals surface area contributed by atoms with Crippen LogP contribution in [0.4, 0.5) is 19.0 Å². The van der Waals surface area contributed by atoms with E-state index in [4.69, 9.17) is 0 Å². The molecule has 2 heterocycles. The fraction of sp³-hybridized carbons (Fsp3) is 0.214. The van der Waals surface area contributed by atoms with Crippen LogP contribution in [0.1, 0.15) is 12.7 Å². The topological polar surface area (TPSA) is 55.1 Å². The van der Waals surface area contributed by atoms with Gasteiger partial charge in [0.1, 0.15) is 5.82 Å². The Morgan fingerprint density at radius 3 is 2.65 bits per heavy atom. The van der Waals surface area contributed by atoms with Gasteiger partial charge in [0, 0.05) is 4.48 Å². The van der Waals surface area contributed by atoms with Crippen LogP contribution in [-0.2, 0) is 6.18 Å². The fourth-order valence-corrected chi connectivity index (χ4v) is 2.15. The van der Waals surface area contributed by atoms with Gasteiger partial charge in [0.25, 0.3) is 5.82 Å². The molecule has 2 aromatic rings. The van der Waals surface area contributed by atoms with Gasteiger partial charge in [0.05, 0.1) is 6.04 Å². The molecule has 9 heteroatoms. The lowest BCUT2D eigenvalue weighted by molar-refractivity contribution is -0.146. The first-order valence-corrected chi connectivity index (χ1v) is 7.26. The third-order valence-electron chi connectivity index (χ3n) is 2.94. The summed E-state index contributed by atoms with van der Waals surface area (Å²) in [5, 5.41) is 13.5. The van der Waals surface area contributed by atoms with E-state index in [0.717, 1.165) is 5.57 Å². The summed E-state index contributed by atoms with van der Waals surface area (Å²) >= 11 is 3.22. The third-order valence-corrected chi connectivity index (χ3v) is 3.17. The molecule has 0 saturated heterocycles. The minimum absolute atomic E-state index is 0.0175. The van der Waals surface area contributed by atoms with Gasteiger partial charge in [-0.1, -0.05) is 35.2 Å². The zero-order valence-corrected chi connectivity index (χ0v) is 13.7. The molecule has 0 aliphatic carbocycles. The van der Waals surface area contributed by atoms with E-state index >= 15 is 0 Å². The van der Waals surface area contributed by atoms with Gasteiger partial charge in [-0.05, 0) is 30.7 Å². The molecule has 1 unspecified atom stereocenters. The first kappa shape index (κ1) is 17.2. The Morgan fingerprint density at radius 2 is 2.09 bits per heavy atom. The Kier molecular flexibility index (Phi) is 4.88. The maximum absolute atomic E-state index is 12.9. The first-order chi connectivity index (χ1) is 10.7. The van der Waals surface area contributed by atoms with Crippen LogP contribution in [0.2, 0.25) is 0 Å². The first-order valence-electron chi connectivity index (χ1n) is 6.47. The van der Waals surface area contributed by atoms with Crippen molar-refractivity contribution in [3.05, 3.63) is 53.3 Å². The van der Waals surface area contributed by atoms with Crippen LogP contribution in [0.5, 0.6) is 0 Å². The number of anilines is 1. The molecule has 2 rings (SSSR count). The van der Waals surface area contributed by atoms with Crippen molar-refractivity contribution in [2.24, 2.45) is 0 Å². The molecule has 1 N–H and O–H groups in total. The van der Waals surface area contributed by atoms with Crippen LogP contribution in [0.15, 0.2) is 47.5 Å². The van der Waals surface area contributed by atoms with Gasteiger partial charge in [-0.15, -0.1) is 15.3 Å². The highest BCUT2D eigenvalue weighted by molar-refractivity contribution is 9.11. The zero-order valence-electron chi connectivity index (χ0n) is 12.1. The van der Waals surface area contributed by atoms with Crippen LogP contribution < -0.4 is 5.32 Å². The lowest BCUT2D eigenvalue weighted by Gasteiger charge is -2.16. The zero-order chi connectivity index (χ0) is 17.2. The average molecular weight is 388 g/mol. The quantitative estimate of drug-likeness (QED) is 0.788. The van der Waals surface area contributed by atoms with Gasteiger partial charge >= 0.3 is 6.18 Å². The molecular formula is C14H13BrF3N5. The summed E-state index contributed by atoms with van der Waals surface area (Å²) in [5.74, 6) is -0.916. The average Bonchev–Trinajstić information content (AvgIpc) is 2.87. The monoisotopic (exact) mass is 387 g/mol. The number of rotatable bonds is 5. The Hall–Kier alpha value is -2.16. The van der Waals surface area contributed by atoms with E-state index in [1.807, 2.05) is 6.92 Å². The highest BCUT2D eigenvalue weighted by atomic mass is 79.9. The maximum atomic E-state index is 12.9. The number of hydrogen-bond donors (Lipinski definition) is 1. The van der Waals surface area contributed by atoms with E-state index < -0.39 is 12.0 Å². The van der Waals surface area contributed by atoms with E-state index in [2.05, 4.69) is 49.7 Å². The number of allylic oxidation sites excluding steroid dienone is 2. The van der Waals surface area contributed by atoms with Crippen LogP contribution in [0, 0.1) is 0 Å². The van der Waals surface area contributed by atoms with Crippen LogP contribution in [0.3, 0.4) is 0 Å². The number of nitrogens with zero attached hydrogens (tertiary/aromatic N) is 4. The highest BCUT2D eigenvalue weighted by Crippen LogP contribution is 2.27. The van der Waals surface area contributed by atoms with Gasteiger partial charge in [-0.25, -0.2) is 0 Å². The van der Waals surface area contributed by atoms with Crippen molar-refractivity contribution in [3.8, 4) is 0 Å². The summed E-state index contributed by atoms with van der Waals surface area (Å²) in [5.41, 5.74) is 0.817. The minimum Gasteiger partial charge on any atom is -0.362 e. The van der Waals surface area contributed by atoms with Crippen molar-refractivity contribution < 1.29 is 13.2 Å². The second-order valence-corrected chi connectivity index (χ2v) is 5.69. The molecule has 0 aliphatic rings. The normalized spacial score (nSPS) is 13.9. The fourth-order valence-electron chi connectivity index (χ4n) is 1.89. The Morgan fingerprint density at radius 1 is 1.39 bits per heavy atom.